The lowest BCUT2D eigenvalue weighted by Gasteiger charge is -2.48. The largest absolute Gasteiger partial charge is 0.468 e. The smallest absolute Gasteiger partial charge is 0.327 e. The molecule has 0 N–H and O–H groups in total. The lowest BCUT2D eigenvalue weighted by molar-refractivity contribution is -0.147. The van der Waals surface area contributed by atoms with Crippen molar-refractivity contribution < 1.29 is 9.53 Å². The summed E-state index contributed by atoms with van der Waals surface area (Å²) in [5.74, 6) is -0.193. The summed E-state index contributed by atoms with van der Waals surface area (Å²) in [5, 5.41) is 0. The molecule has 4 nitrogen and oxygen atoms in total. The molecule has 2 aliphatic rings. The van der Waals surface area contributed by atoms with E-state index in [0.717, 1.165) is 13.1 Å². The third kappa shape index (κ3) is 2.59. The highest BCUT2D eigenvalue weighted by atomic mass is 16.5. The van der Waals surface area contributed by atoms with Gasteiger partial charge in [0.1, 0.15) is 6.04 Å². The molecule has 0 radical (unpaired) electrons. The Morgan fingerprint density at radius 1 is 1.44 bits per heavy atom. The van der Waals surface area contributed by atoms with Gasteiger partial charge in [-0.1, -0.05) is 12.5 Å². The number of hydrogen-bond donors (Lipinski definition) is 0. The zero-order valence-corrected chi connectivity index (χ0v) is 11.5. The number of piperidine rings is 1. The second kappa shape index (κ2) is 5.85. The topological polar surface area (TPSA) is 32.8 Å². The number of hydrogen-bond acceptors (Lipinski definition) is 4. The fourth-order valence-corrected chi connectivity index (χ4v) is 3.25. The molecule has 3 atom stereocenters. The molecule has 0 bridgehead atoms. The van der Waals surface area contributed by atoms with Gasteiger partial charge < -0.3 is 4.74 Å². The summed E-state index contributed by atoms with van der Waals surface area (Å²) in [7, 11) is 1.44. The average Bonchev–Trinajstić information content (AvgIpc) is 2.39. The summed E-state index contributed by atoms with van der Waals surface area (Å²) < 4.78 is 4.88. The third-order valence-corrected chi connectivity index (χ3v) is 4.26. The van der Waals surface area contributed by atoms with E-state index >= 15 is 0 Å². The fraction of sp³-hybridized carbons (Fsp3) is 0.786. The molecule has 0 aromatic heterocycles. The van der Waals surface area contributed by atoms with E-state index in [-0.39, 0.29) is 12.0 Å². The molecule has 2 fully saturated rings. The van der Waals surface area contributed by atoms with Crippen LogP contribution in [0.15, 0.2) is 12.7 Å². The molecular weight excluding hydrogens is 228 g/mol. The Balaban J connectivity index is 2.07. The zero-order valence-electron chi connectivity index (χ0n) is 11.5. The minimum Gasteiger partial charge on any atom is -0.468 e. The van der Waals surface area contributed by atoms with E-state index in [9.17, 15) is 4.79 Å². The zero-order chi connectivity index (χ0) is 13.1. The number of esters is 1. The minimum atomic E-state index is -0.297. The Labute approximate surface area is 110 Å². The van der Waals surface area contributed by atoms with Gasteiger partial charge in [-0.2, -0.15) is 0 Å². The lowest BCUT2D eigenvalue weighted by atomic mass is 9.96. The summed E-state index contributed by atoms with van der Waals surface area (Å²) in [6, 6.07) is 0.678. The van der Waals surface area contributed by atoms with Crippen molar-refractivity contribution in [3.63, 3.8) is 0 Å². The maximum atomic E-state index is 11.8. The van der Waals surface area contributed by atoms with Crippen molar-refractivity contribution in [2.45, 2.75) is 44.3 Å². The van der Waals surface area contributed by atoms with Crippen LogP contribution in [0.2, 0.25) is 0 Å². The highest BCUT2D eigenvalue weighted by Crippen LogP contribution is 2.25. The molecule has 3 unspecified atom stereocenters. The molecular formula is C14H24N2O2. The molecule has 4 heteroatoms. The van der Waals surface area contributed by atoms with Crippen LogP contribution in [0, 0.1) is 0 Å². The quantitative estimate of drug-likeness (QED) is 0.559. The number of methoxy groups -OCH3 is 1. The van der Waals surface area contributed by atoms with Crippen molar-refractivity contribution in [3.05, 3.63) is 12.7 Å². The summed E-state index contributed by atoms with van der Waals surface area (Å²) >= 11 is 0. The first-order valence-electron chi connectivity index (χ1n) is 6.87. The van der Waals surface area contributed by atoms with Crippen molar-refractivity contribution in [1.29, 1.82) is 0 Å². The predicted octanol–water partition coefficient (Wildman–Crippen LogP) is 1.27. The van der Waals surface area contributed by atoms with Crippen LogP contribution in [-0.4, -0.2) is 60.6 Å². The summed E-state index contributed by atoms with van der Waals surface area (Å²) in [6.45, 7) is 9.18. The number of carbonyl (C=O) groups excluding carboxylic acids is 1. The SMILES string of the molecule is C=CC(C(=O)OC)N1CC2CCCCN2CC1C. The number of carbonyl (C=O) groups is 1. The van der Waals surface area contributed by atoms with Gasteiger partial charge >= 0.3 is 5.97 Å². The van der Waals surface area contributed by atoms with Crippen LogP contribution in [-0.2, 0) is 9.53 Å². The first-order valence-corrected chi connectivity index (χ1v) is 6.87. The second-order valence-corrected chi connectivity index (χ2v) is 5.39. The Morgan fingerprint density at radius 3 is 2.89 bits per heavy atom. The van der Waals surface area contributed by atoms with Gasteiger partial charge in [0, 0.05) is 25.2 Å². The van der Waals surface area contributed by atoms with Crippen LogP contribution in [0.25, 0.3) is 0 Å². The normalized spacial score (nSPS) is 31.4. The van der Waals surface area contributed by atoms with Crippen LogP contribution in [0.5, 0.6) is 0 Å². The Bertz CT molecular complexity index is 319. The van der Waals surface area contributed by atoms with Crippen molar-refractivity contribution >= 4 is 5.97 Å². The van der Waals surface area contributed by atoms with Crippen LogP contribution in [0.4, 0.5) is 0 Å². The molecule has 0 aromatic rings. The molecule has 18 heavy (non-hydrogen) atoms. The van der Waals surface area contributed by atoms with E-state index in [1.807, 2.05) is 0 Å². The number of rotatable bonds is 3. The van der Waals surface area contributed by atoms with Crippen LogP contribution in [0.3, 0.4) is 0 Å². The number of piperazine rings is 1. The fourth-order valence-electron chi connectivity index (χ4n) is 3.25. The van der Waals surface area contributed by atoms with Crippen molar-refractivity contribution in [2.75, 3.05) is 26.7 Å². The molecule has 0 aromatic carbocycles. The van der Waals surface area contributed by atoms with E-state index < -0.39 is 0 Å². The van der Waals surface area contributed by atoms with Gasteiger partial charge in [0.15, 0.2) is 0 Å². The Hall–Kier alpha value is -0.870. The Kier molecular flexibility index (Phi) is 4.40. The minimum absolute atomic E-state index is 0.193. The van der Waals surface area contributed by atoms with Gasteiger partial charge in [-0.05, 0) is 26.3 Å². The van der Waals surface area contributed by atoms with Crippen LogP contribution in [0.1, 0.15) is 26.2 Å². The van der Waals surface area contributed by atoms with Gasteiger partial charge in [-0.25, -0.2) is 0 Å². The maximum absolute atomic E-state index is 11.8. The van der Waals surface area contributed by atoms with Crippen molar-refractivity contribution in [3.8, 4) is 0 Å². The van der Waals surface area contributed by atoms with Gasteiger partial charge in [-0.3, -0.25) is 14.6 Å². The van der Waals surface area contributed by atoms with E-state index in [0.29, 0.717) is 12.1 Å². The standard InChI is InChI=1S/C14H24N2O2/c1-4-13(14(17)18-3)16-10-12-7-5-6-8-15(12)9-11(16)2/h4,11-13H,1,5-10H2,2-3H3. The highest BCUT2D eigenvalue weighted by Gasteiger charge is 2.37. The molecule has 2 aliphatic heterocycles. The lowest BCUT2D eigenvalue weighted by Crippen LogP contribution is -2.62. The molecule has 0 aliphatic carbocycles. The molecule has 2 saturated heterocycles. The van der Waals surface area contributed by atoms with Gasteiger partial charge in [0.05, 0.1) is 7.11 Å². The predicted molar refractivity (Wildman–Crippen MR) is 71.4 cm³/mol. The van der Waals surface area contributed by atoms with Crippen molar-refractivity contribution in [2.24, 2.45) is 0 Å². The Morgan fingerprint density at radius 2 is 2.22 bits per heavy atom. The summed E-state index contributed by atoms with van der Waals surface area (Å²) in [5.41, 5.74) is 0. The van der Waals surface area contributed by atoms with Gasteiger partial charge in [0.2, 0.25) is 0 Å². The molecule has 0 saturated carbocycles. The molecule has 102 valence electrons. The first kappa shape index (κ1) is 13.6. The van der Waals surface area contributed by atoms with E-state index in [2.05, 4.69) is 23.3 Å². The number of fused-ring (bicyclic) bond motifs is 1. The van der Waals surface area contributed by atoms with Crippen LogP contribution < -0.4 is 0 Å². The summed E-state index contributed by atoms with van der Waals surface area (Å²) in [4.78, 5) is 16.6. The second-order valence-electron chi connectivity index (χ2n) is 5.39. The molecule has 0 spiro atoms. The monoisotopic (exact) mass is 252 g/mol. The molecule has 2 heterocycles. The summed E-state index contributed by atoms with van der Waals surface area (Å²) in [6.07, 6.45) is 5.57. The number of ether oxygens (including phenoxy) is 1. The van der Waals surface area contributed by atoms with E-state index in [1.165, 1.54) is 32.9 Å². The average molecular weight is 252 g/mol. The van der Waals surface area contributed by atoms with Crippen molar-refractivity contribution in [1.82, 2.24) is 9.80 Å². The first-order chi connectivity index (χ1) is 8.67. The van der Waals surface area contributed by atoms with E-state index in [4.69, 9.17) is 4.74 Å². The maximum Gasteiger partial charge on any atom is 0.327 e. The van der Waals surface area contributed by atoms with Crippen LogP contribution >= 0.6 is 0 Å². The van der Waals surface area contributed by atoms with Gasteiger partial charge in [0.25, 0.3) is 0 Å². The molecule has 2 rings (SSSR count). The highest BCUT2D eigenvalue weighted by molar-refractivity contribution is 5.77. The van der Waals surface area contributed by atoms with E-state index in [1.54, 1.807) is 6.08 Å². The number of nitrogens with zero attached hydrogens (tertiary/aromatic N) is 2. The third-order valence-electron chi connectivity index (χ3n) is 4.26. The molecule has 0 amide bonds. The van der Waals surface area contributed by atoms with Gasteiger partial charge in [-0.15, -0.1) is 6.58 Å².